The number of carbonyl (C=O) groups excluding carboxylic acids is 2. The van der Waals surface area contributed by atoms with E-state index in [0.717, 1.165) is 11.1 Å². The maximum absolute atomic E-state index is 13.2. The van der Waals surface area contributed by atoms with Crippen LogP contribution >= 0.6 is 11.6 Å². The zero-order valence-corrected chi connectivity index (χ0v) is 18.5. The zero-order valence-electron chi connectivity index (χ0n) is 17.7. The van der Waals surface area contributed by atoms with E-state index in [4.69, 9.17) is 11.6 Å². The molecular weight excluding hydrogens is 384 g/mol. The molecule has 0 saturated heterocycles. The zero-order chi connectivity index (χ0) is 21.4. The predicted molar refractivity (Wildman–Crippen MR) is 119 cm³/mol. The number of hydrogen-bond acceptors (Lipinski definition) is 2. The van der Waals surface area contributed by atoms with Gasteiger partial charge in [0.15, 0.2) is 0 Å². The van der Waals surface area contributed by atoms with Crippen LogP contribution in [0.2, 0.25) is 5.02 Å². The van der Waals surface area contributed by atoms with Gasteiger partial charge in [0.05, 0.1) is 0 Å². The van der Waals surface area contributed by atoms with E-state index < -0.39 is 6.04 Å². The third kappa shape index (κ3) is 7.21. The minimum Gasteiger partial charge on any atom is -0.352 e. The topological polar surface area (TPSA) is 49.4 Å². The van der Waals surface area contributed by atoms with E-state index in [2.05, 4.69) is 29.6 Å². The number of benzene rings is 2. The third-order valence-corrected chi connectivity index (χ3v) is 5.08. The fraction of sp³-hybridized carbons (Fsp3) is 0.417. The second-order valence-electron chi connectivity index (χ2n) is 7.72. The van der Waals surface area contributed by atoms with Gasteiger partial charge in [-0.15, -0.1) is 0 Å². The highest BCUT2D eigenvalue weighted by Gasteiger charge is 2.28. The van der Waals surface area contributed by atoms with Crippen molar-refractivity contribution >= 4 is 23.4 Å². The fourth-order valence-corrected chi connectivity index (χ4v) is 3.36. The molecule has 0 fully saturated rings. The normalized spacial score (nSPS) is 11.9. The highest BCUT2D eigenvalue weighted by Crippen LogP contribution is 2.17. The molecule has 2 aromatic carbocycles. The molecule has 5 heteroatoms. The van der Waals surface area contributed by atoms with Crippen LogP contribution in [0, 0.1) is 6.92 Å². The number of carbonyl (C=O) groups is 2. The summed E-state index contributed by atoms with van der Waals surface area (Å²) in [7, 11) is 0. The number of amides is 2. The maximum Gasteiger partial charge on any atom is 0.243 e. The first-order valence-corrected chi connectivity index (χ1v) is 10.6. The Morgan fingerprint density at radius 3 is 2.14 bits per heavy atom. The second-order valence-corrected chi connectivity index (χ2v) is 8.16. The highest BCUT2D eigenvalue weighted by molar-refractivity contribution is 6.30. The van der Waals surface area contributed by atoms with Gasteiger partial charge in [0.1, 0.15) is 6.04 Å². The van der Waals surface area contributed by atoms with Crippen molar-refractivity contribution in [2.45, 2.75) is 65.6 Å². The summed E-state index contributed by atoms with van der Waals surface area (Å²) in [5.74, 6) is -0.133. The van der Waals surface area contributed by atoms with Gasteiger partial charge in [-0.25, -0.2) is 0 Å². The molecule has 0 bridgehead atoms. The Morgan fingerprint density at radius 2 is 1.59 bits per heavy atom. The molecule has 0 aromatic heterocycles. The fourth-order valence-electron chi connectivity index (χ4n) is 3.24. The molecule has 0 aliphatic heterocycles. The van der Waals surface area contributed by atoms with E-state index in [0.29, 0.717) is 30.8 Å². The van der Waals surface area contributed by atoms with Crippen LogP contribution in [0.25, 0.3) is 0 Å². The summed E-state index contributed by atoms with van der Waals surface area (Å²) in [6.07, 6.45) is 1.57. The van der Waals surface area contributed by atoms with E-state index in [9.17, 15) is 9.59 Å². The number of nitrogens with zero attached hydrogens (tertiary/aromatic N) is 1. The molecule has 2 rings (SSSR count). The average molecular weight is 415 g/mol. The Balaban J connectivity index is 2.18. The van der Waals surface area contributed by atoms with Crippen molar-refractivity contribution in [1.82, 2.24) is 10.2 Å². The standard InChI is InChI=1S/C24H31ClN2O2/c1-5-22(24(29)26-17(2)3)27(16-20-10-13-21(25)14-11-20)23(28)15-12-19-8-6-18(4)7-9-19/h6-11,13-14,17,22H,5,12,15-16H2,1-4H3,(H,26,29)/t22-/m0/s1. The van der Waals surface area contributed by atoms with Crippen molar-refractivity contribution in [2.24, 2.45) is 0 Å². The van der Waals surface area contributed by atoms with Crippen LogP contribution in [-0.2, 0) is 22.6 Å². The van der Waals surface area contributed by atoms with Crippen LogP contribution in [0.3, 0.4) is 0 Å². The van der Waals surface area contributed by atoms with E-state index in [1.165, 1.54) is 5.56 Å². The van der Waals surface area contributed by atoms with Crippen molar-refractivity contribution < 1.29 is 9.59 Å². The highest BCUT2D eigenvalue weighted by atomic mass is 35.5. The molecule has 4 nitrogen and oxygen atoms in total. The van der Waals surface area contributed by atoms with Gasteiger partial charge >= 0.3 is 0 Å². The molecule has 0 unspecified atom stereocenters. The molecule has 0 aliphatic carbocycles. The Bertz CT molecular complexity index is 801. The first-order chi connectivity index (χ1) is 13.8. The summed E-state index contributed by atoms with van der Waals surface area (Å²) < 4.78 is 0. The average Bonchev–Trinajstić information content (AvgIpc) is 2.68. The van der Waals surface area contributed by atoms with E-state index in [-0.39, 0.29) is 17.9 Å². The van der Waals surface area contributed by atoms with Gasteiger partial charge in [-0.2, -0.15) is 0 Å². The predicted octanol–water partition coefficient (Wildman–Crippen LogP) is 4.91. The van der Waals surface area contributed by atoms with E-state index in [1.807, 2.05) is 39.8 Å². The van der Waals surface area contributed by atoms with E-state index >= 15 is 0 Å². The van der Waals surface area contributed by atoms with Crippen LogP contribution in [0.1, 0.15) is 50.3 Å². The third-order valence-electron chi connectivity index (χ3n) is 4.83. The number of halogens is 1. The lowest BCUT2D eigenvalue weighted by atomic mass is 10.0. The SMILES string of the molecule is CC[C@@H](C(=O)NC(C)C)N(Cc1ccc(Cl)cc1)C(=O)CCc1ccc(C)cc1. The molecule has 0 spiro atoms. The number of aryl methyl sites for hydroxylation is 2. The molecule has 0 heterocycles. The van der Waals surface area contributed by atoms with Gasteiger partial charge in [-0.1, -0.05) is 60.5 Å². The molecule has 0 radical (unpaired) electrons. The van der Waals surface area contributed by atoms with Gasteiger partial charge in [-0.3, -0.25) is 9.59 Å². The second kappa shape index (κ2) is 11.0. The monoisotopic (exact) mass is 414 g/mol. The maximum atomic E-state index is 13.2. The summed E-state index contributed by atoms with van der Waals surface area (Å²) in [6.45, 7) is 8.21. The lowest BCUT2D eigenvalue weighted by Gasteiger charge is -2.31. The molecule has 0 saturated carbocycles. The molecule has 1 atom stereocenters. The van der Waals surface area contributed by atoms with Crippen LogP contribution in [0.5, 0.6) is 0 Å². The summed E-state index contributed by atoms with van der Waals surface area (Å²) >= 11 is 5.99. The minimum absolute atomic E-state index is 0.0220. The van der Waals surface area contributed by atoms with Gasteiger partial charge in [0, 0.05) is 24.0 Å². The lowest BCUT2D eigenvalue weighted by molar-refractivity contribution is -0.141. The minimum atomic E-state index is -0.501. The van der Waals surface area contributed by atoms with Gasteiger partial charge in [0.25, 0.3) is 0 Å². The molecule has 2 amide bonds. The van der Waals surface area contributed by atoms with Crippen molar-refractivity contribution in [3.05, 3.63) is 70.2 Å². The Hall–Kier alpha value is -2.33. The first-order valence-electron chi connectivity index (χ1n) is 10.2. The van der Waals surface area contributed by atoms with Crippen LogP contribution in [0.4, 0.5) is 0 Å². The van der Waals surface area contributed by atoms with Crippen molar-refractivity contribution in [3.8, 4) is 0 Å². The Kier molecular flexibility index (Phi) is 8.71. The van der Waals surface area contributed by atoms with Crippen molar-refractivity contribution in [2.75, 3.05) is 0 Å². The summed E-state index contributed by atoms with van der Waals surface area (Å²) in [5, 5.41) is 3.60. The van der Waals surface area contributed by atoms with Gasteiger partial charge in [-0.05, 0) is 56.9 Å². The summed E-state index contributed by atoms with van der Waals surface area (Å²) in [4.78, 5) is 27.6. The first kappa shape index (κ1) is 23.0. The van der Waals surface area contributed by atoms with Crippen LogP contribution < -0.4 is 5.32 Å². The summed E-state index contributed by atoms with van der Waals surface area (Å²) in [6, 6.07) is 15.1. The molecule has 29 heavy (non-hydrogen) atoms. The van der Waals surface area contributed by atoms with Crippen LogP contribution in [0.15, 0.2) is 48.5 Å². The van der Waals surface area contributed by atoms with Crippen LogP contribution in [-0.4, -0.2) is 28.8 Å². The molecule has 1 N–H and O–H groups in total. The number of hydrogen-bond donors (Lipinski definition) is 1. The number of nitrogens with one attached hydrogen (secondary N) is 1. The Morgan fingerprint density at radius 1 is 1.00 bits per heavy atom. The van der Waals surface area contributed by atoms with Crippen molar-refractivity contribution in [1.29, 1.82) is 0 Å². The molecular formula is C24H31ClN2O2. The molecule has 2 aromatic rings. The summed E-state index contributed by atoms with van der Waals surface area (Å²) in [5.41, 5.74) is 3.27. The van der Waals surface area contributed by atoms with E-state index in [1.54, 1.807) is 17.0 Å². The lowest BCUT2D eigenvalue weighted by Crippen LogP contribution is -2.50. The largest absolute Gasteiger partial charge is 0.352 e. The number of rotatable bonds is 9. The smallest absolute Gasteiger partial charge is 0.243 e. The van der Waals surface area contributed by atoms with Gasteiger partial charge in [0.2, 0.25) is 11.8 Å². The van der Waals surface area contributed by atoms with Crippen molar-refractivity contribution in [3.63, 3.8) is 0 Å². The quantitative estimate of drug-likeness (QED) is 0.633. The van der Waals surface area contributed by atoms with Gasteiger partial charge < -0.3 is 10.2 Å². The molecule has 0 aliphatic rings. The Labute approximate surface area is 179 Å². The molecule has 156 valence electrons.